The Bertz CT molecular complexity index is 266. The highest BCUT2D eigenvalue weighted by Crippen LogP contribution is 2.60. The third-order valence-corrected chi connectivity index (χ3v) is 11.3. The highest BCUT2D eigenvalue weighted by atomic mass is 28.4. The van der Waals surface area contributed by atoms with Crippen LogP contribution in [0, 0.1) is 0 Å². The molecule has 0 atom stereocenters. The maximum Gasteiger partial charge on any atom is 0.279 e. The standard InChI is InChI=1S/C15H30O2Si/c1-14(2,3)18(17-12-16,15(4,5)6)13-10-8-7-9-11-13/h12-13H,7-11H2,1-6H3. The van der Waals surface area contributed by atoms with E-state index in [-0.39, 0.29) is 10.1 Å². The molecule has 0 bridgehead atoms. The molecule has 0 saturated heterocycles. The van der Waals surface area contributed by atoms with E-state index >= 15 is 0 Å². The molecule has 0 aromatic carbocycles. The van der Waals surface area contributed by atoms with Crippen molar-refractivity contribution >= 4 is 14.8 Å². The Hall–Kier alpha value is -0.313. The molecular formula is C15H30O2Si. The van der Waals surface area contributed by atoms with Crippen LogP contribution in [0.5, 0.6) is 0 Å². The molecule has 1 rings (SSSR count). The van der Waals surface area contributed by atoms with Gasteiger partial charge in [-0.15, -0.1) is 0 Å². The highest BCUT2D eigenvalue weighted by Gasteiger charge is 2.61. The van der Waals surface area contributed by atoms with Gasteiger partial charge in [0.1, 0.15) is 0 Å². The zero-order chi connectivity index (χ0) is 14.0. The van der Waals surface area contributed by atoms with E-state index in [1.54, 1.807) is 0 Å². The lowest BCUT2D eigenvalue weighted by molar-refractivity contribution is -0.122. The van der Waals surface area contributed by atoms with Gasteiger partial charge in [-0.3, -0.25) is 4.79 Å². The van der Waals surface area contributed by atoms with Crippen LogP contribution < -0.4 is 0 Å². The number of hydrogen-bond acceptors (Lipinski definition) is 2. The second kappa shape index (κ2) is 5.36. The predicted molar refractivity (Wildman–Crippen MR) is 79.2 cm³/mol. The second-order valence-corrected chi connectivity index (χ2v) is 13.3. The largest absolute Gasteiger partial charge is 0.520 e. The smallest absolute Gasteiger partial charge is 0.279 e. The molecule has 1 saturated carbocycles. The Morgan fingerprint density at radius 1 is 0.944 bits per heavy atom. The predicted octanol–water partition coefficient (Wildman–Crippen LogP) is 5.04. The van der Waals surface area contributed by atoms with Gasteiger partial charge in [-0.1, -0.05) is 60.8 Å². The summed E-state index contributed by atoms with van der Waals surface area (Å²) in [4.78, 5) is 11.2. The molecule has 0 radical (unpaired) electrons. The van der Waals surface area contributed by atoms with Crippen molar-refractivity contribution in [2.24, 2.45) is 0 Å². The fourth-order valence-electron chi connectivity index (χ4n) is 4.38. The Balaban J connectivity index is 3.23. The van der Waals surface area contributed by atoms with Crippen molar-refractivity contribution in [3.8, 4) is 0 Å². The molecule has 0 amide bonds. The van der Waals surface area contributed by atoms with Crippen LogP contribution in [0.2, 0.25) is 15.6 Å². The molecule has 0 aromatic rings. The lowest BCUT2D eigenvalue weighted by atomic mass is 10.00. The van der Waals surface area contributed by atoms with Gasteiger partial charge in [-0.05, 0) is 28.5 Å². The van der Waals surface area contributed by atoms with E-state index in [9.17, 15) is 4.79 Å². The van der Waals surface area contributed by atoms with Gasteiger partial charge in [0.25, 0.3) is 14.8 Å². The molecule has 0 heterocycles. The van der Waals surface area contributed by atoms with E-state index in [2.05, 4.69) is 41.5 Å². The first kappa shape index (κ1) is 15.7. The molecule has 106 valence electrons. The average molecular weight is 270 g/mol. The monoisotopic (exact) mass is 270 g/mol. The molecule has 1 aliphatic carbocycles. The van der Waals surface area contributed by atoms with Crippen LogP contribution in [0.3, 0.4) is 0 Å². The minimum atomic E-state index is -2.17. The van der Waals surface area contributed by atoms with Gasteiger partial charge < -0.3 is 4.43 Å². The molecule has 0 unspecified atom stereocenters. The number of rotatable bonds is 3. The SMILES string of the molecule is CC(C)(C)[Si](OC=O)(C1CCCCC1)C(C)(C)C. The second-order valence-electron chi connectivity index (χ2n) is 7.78. The van der Waals surface area contributed by atoms with Crippen LogP contribution in [-0.2, 0) is 9.22 Å². The topological polar surface area (TPSA) is 26.3 Å². The molecule has 3 heteroatoms. The summed E-state index contributed by atoms with van der Waals surface area (Å²) in [6, 6.07) is 0. The fraction of sp³-hybridized carbons (Fsp3) is 0.933. The number of hydrogen-bond donors (Lipinski definition) is 0. The van der Waals surface area contributed by atoms with Gasteiger partial charge in [0, 0.05) is 0 Å². The van der Waals surface area contributed by atoms with Crippen molar-refractivity contribution in [1.29, 1.82) is 0 Å². The third-order valence-electron chi connectivity index (χ3n) is 4.64. The van der Waals surface area contributed by atoms with E-state index < -0.39 is 8.32 Å². The van der Waals surface area contributed by atoms with E-state index in [1.165, 1.54) is 32.1 Å². The summed E-state index contributed by atoms with van der Waals surface area (Å²) in [6.45, 7) is 14.3. The van der Waals surface area contributed by atoms with E-state index in [0.29, 0.717) is 5.54 Å². The summed E-state index contributed by atoms with van der Waals surface area (Å²) in [6.07, 6.45) is 6.43. The zero-order valence-corrected chi connectivity index (χ0v) is 14.0. The Kier molecular flexibility index (Phi) is 4.69. The summed E-state index contributed by atoms with van der Waals surface area (Å²) < 4.78 is 5.96. The Labute approximate surface area is 114 Å². The van der Waals surface area contributed by atoms with Crippen molar-refractivity contribution in [3.63, 3.8) is 0 Å². The van der Waals surface area contributed by atoms with E-state index in [4.69, 9.17) is 4.43 Å². The normalized spacial score (nSPS) is 19.7. The first-order valence-electron chi connectivity index (χ1n) is 7.28. The maximum absolute atomic E-state index is 11.2. The van der Waals surface area contributed by atoms with Crippen molar-refractivity contribution in [2.45, 2.75) is 89.3 Å². The summed E-state index contributed by atoms with van der Waals surface area (Å²) in [7, 11) is -2.17. The van der Waals surface area contributed by atoms with Gasteiger partial charge in [-0.2, -0.15) is 0 Å². The number of carbonyl (C=O) groups is 1. The minimum Gasteiger partial charge on any atom is -0.520 e. The summed E-state index contributed by atoms with van der Waals surface area (Å²) in [5, 5.41) is 0.183. The van der Waals surface area contributed by atoms with Crippen LogP contribution in [-0.4, -0.2) is 14.8 Å². The van der Waals surface area contributed by atoms with E-state index in [0.717, 1.165) is 6.47 Å². The minimum absolute atomic E-state index is 0.0914. The van der Waals surface area contributed by atoms with Gasteiger partial charge in [0.2, 0.25) is 0 Å². The van der Waals surface area contributed by atoms with E-state index in [1.807, 2.05) is 0 Å². The van der Waals surface area contributed by atoms with Gasteiger partial charge in [-0.25, -0.2) is 0 Å². The highest BCUT2D eigenvalue weighted by molar-refractivity contribution is 6.81. The first-order chi connectivity index (χ1) is 8.17. The Morgan fingerprint density at radius 2 is 1.39 bits per heavy atom. The lowest BCUT2D eigenvalue weighted by Crippen LogP contribution is -2.58. The molecule has 0 spiro atoms. The van der Waals surface area contributed by atoms with Crippen molar-refractivity contribution in [2.75, 3.05) is 0 Å². The van der Waals surface area contributed by atoms with Gasteiger partial charge in [0.15, 0.2) is 0 Å². The molecule has 0 N–H and O–H groups in total. The lowest BCUT2D eigenvalue weighted by Gasteiger charge is -2.54. The van der Waals surface area contributed by atoms with Crippen LogP contribution >= 0.6 is 0 Å². The molecule has 1 aliphatic rings. The van der Waals surface area contributed by atoms with Crippen molar-refractivity contribution in [3.05, 3.63) is 0 Å². The average Bonchev–Trinajstić information content (AvgIpc) is 2.23. The van der Waals surface area contributed by atoms with Crippen LogP contribution in [0.15, 0.2) is 0 Å². The zero-order valence-electron chi connectivity index (χ0n) is 13.0. The third kappa shape index (κ3) is 2.66. The van der Waals surface area contributed by atoms with Gasteiger partial charge in [0.05, 0.1) is 0 Å². The molecule has 0 aliphatic heterocycles. The van der Waals surface area contributed by atoms with Crippen molar-refractivity contribution in [1.82, 2.24) is 0 Å². The van der Waals surface area contributed by atoms with Gasteiger partial charge >= 0.3 is 0 Å². The maximum atomic E-state index is 11.2. The molecule has 18 heavy (non-hydrogen) atoms. The summed E-state index contributed by atoms with van der Waals surface area (Å²) >= 11 is 0. The number of carbonyl (C=O) groups excluding carboxylic acids is 1. The van der Waals surface area contributed by atoms with Crippen molar-refractivity contribution < 1.29 is 9.22 Å². The molecule has 2 nitrogen and oxygen atoms in total. The summed E-state index contributed by atoms with van der Waals surface area (Å²) in [5.41, 5.74) is 0.622. The molecule has 1 fully saturated rings. The van der Waals surface area contributed by atoms with Crippen LogP contribution in [0.4, 0.5) is 0 Å². The first-order valence-corrected chi connectivity index (χ1v) is 9.27. The quantitative estimate of drug-likeness (QED) is 0.530. The fourth-order valence-corrected chi connectivity index (χ4v) is 11.4. The Morgan fingerprint density at radius 3 is 1.72 bits per heavy atom. The van der Waals surface area contributed by atoms with Crippen LogP contribution in [0.1, 0.15) is 73.6 Å². The molecular weight excluding hydrogens is 240 g/mol. The van der Waals surface area contributed by atoms with Crippen LogP contribution in [0.25, 0.3) is 0 Å². The summed E-state index contributed by atoms with van der Waals surface area (Å²) in [5.74, 6) is 0. The molecule has 0 aromatic heterocycles.